The summed E-state index contributed by atoms with van der Waals surface area (Å²) >= 11 is 5.74. The van der Waals surface area contributed by atoms with Gasteiger partial charge in [-0.1, -0.05) is 42.8 Å². The maximum Gasteiger partial charge on any atom is 0.242 e. The molecule has 0 saturated carbocycles. The summed E-state index contributed by atoms with van der Waals surface area (Å²) in [5.41, 5.74) is 2.40. The van der Waals surface area contributed by atoms with E-state index >= 15 is 0 Å². The van der Waals surface area contributed by atoms with E-state index in [0.717, 1.165) is 36.4 Å². The van der Waals surface area contributed by atoms with Crippen LogP contribution in [0.3, 0.4) is 0 Å². The zero-order valence-corrected chi connectivity index (χ0v) is 20.1. The molecule has 3 N–H and O–H groups in total. The second-order valence-electron chi connectivity index (χ2n) is 7.90. The van der Waals surface area contributed by atoms with Crippen LogP contribution in [0.15, 0.2) is 65.7 Å². The van der Waals surface area contributed by atoms with Crippen LogP contribution in [0, 0.1) is 11.6 Å². The van der Waals surface area contributed by atoms with Crippen LogP contribution >= 0.6 is 11.6 Å². The van der Waals surface area contributed by atoms with E-state index in [9.17, 15) is 22.3 Å². The average Bonchev–Trinajstić information content (AvgIpc) is 2.78. The van der Waals surface area contributed by atoms with Crippen LogP contribution in [-0.2, 0) is 29.4 Å². The lowest BCUT2D eigenvalue weighted by atomic mass is 10.0. The SMILES string of the molecule is CCc1cccc(CNC[C@H](O)[C@@H](Cc2cc(F)cc(F)c2)NS(=O)(=O)c2ccc(Cl)nc2)c1. The third kappa shape index (κ3) is 7.54. The van der Waals surface area contributed by atoms with Crippen molar-refractivity contribution in [2.45, 2.75) is 43.4 Å². The fraction of sp³-hybridized carbons (Fsp3) is 0.292. The van der Waals surface area contributed by atoms with E-state index in [2.05, 4.69) is 21.9 Å². The molecule has 1 aromatic heterocycles. The van der Waals surface area contributed by atoms with Gasteiger partial charge in [0.15, 0.2) is 0 Å². The van der Waals surface area contributed by atoms with Gasteiger partial charge in [-0.2, -0.15) is 0 Å². The van der Waals surface area contributed by atoms with Gasteiger partial charge in [0.2, 0.25) is 10.0 Å². The first-order valence-electron chi connectivity index (χ1n) is 10.7. The third-order valence-electron chi connectivity index (χ3n) is 5.24. The van der Waals surface area contributed by atoms with Crippen molar-refractivity contribution >= 4 is 21.6 Å². The van der Waals surface area contributed by atoms with Gasteiger partial charge in [-0.05, 0) is 53.8 Å². The van der Waals surface area contributed by atoms with Crippen molar-refractivity contribution in [1.82, 2.24) is 15.0 Å². The Morgan fingerprint density at radius 2 is 1.74 bits per heavy atom. The van der Waals surface area contributed by atoms with Crippen LogP contribution in [0.25, 0.3) is 0 Å². The second-order valence-corrected chi connectivity index (χ2v) is 10.00. The molecule has 0 unspecified atom stereocenters. The minimum atomic E-state index is -4.09. The zero-order valence-electron chi connectivity index (χ0n) is 18.5. The molecule has 0 spiro atoms. The Morgan fingerprint density at radius 1 is 1.03 bits per heavy atom. The lowest BCUT2D eigenvalue weighted by Crippen LogP contribution is -2.48. The molecule has 182 valence electrons. The Bertz CT molecular complexity index is 1190. The van der Waals surface area contributed by atoms with Crippen molar-refractivity contribution in [3.05, 3.63) is 94.3 Å². The van der Waals surface area contributed by atoms with Gasteiger partial charge in [0.05, 0.1) is 12.1 Å². The number of benzene rings is 2. The van der Waals surface area contributed by atoms with Crippen LogP contribution < -0.4 is 10.0 Å². The first kappa shape index (κ1) is 26.2. The molecular weight excluding hydrogens is 484 g/mol. The Kier molecular flexibility index (Phi) is 9.10. The maximum atomic E-state index is 13.7. The number of pyridine rings is 1. The fourth-order valence-electron chi connectivity index (χ4n) is 3.49. The molecule has 0 amide bonds. The molecule has 3 aromatic rings. The molecule has 6 nitrogen and oxygen atoms in total. The lowest BCUT2D eigenvalue weighted by molar-refractivity contribution is 0.134. The zero-order chi connectivity index (χ0) is 24.7. The maximum absolute atomic E-state index is 13.7. The van der Waals surface area contributed by atoms with Gasteiger partial charge in [0, 0.05) is 25.4 Å². The monoisotopic (exact) mass is 509 g/mol. The molecule has 0 fully saturated rings. The summed E-state index contributed by atoms with van der Waals surface area (Å²) in [6.07, 6.45) is 0.651. The first-order chi connectivity index (χ1) is 16.2. The smallest absolute Gasteiger partial charge is 0.242 e. The summed E-state index contributed by atoms with van der Waals surface area (Å²) < 4.78 is 55.6. The number of sulfonamides is 1. The van der Waals surface area contributed by atoms with Crippen molar-refractivity contribution in [3.63, 3.8) is 0 Å². The highest BCUT2D eigenvalue weighted by Gasteiger charge is 2.27. The first-order valence-corrected chi connectivity index (χ1v) is 12.6. The van der Waals surface area contributed by atoms with Gasteiger partial charge < -0.3 is 10.4 Å². The topological polar surface area (TPSA) is 91.3 Å². The highest BCUT2D eigenvalue weighted by Crippen LogP contribution is 2.16. The number of hydrogen-bond acceptors (Lipinski definition) is 5. The highest BCUT2D eigenvalue weighted by molar-refractivity contribution is 7.89. The molecule has 0 aliphatic heterocycles. The number of aromatic nitrogens is 1. The highest BCUT2D eigenvalue weighted by atomic mass is 35.5. The minimum absolute atomic E-state index is 0.0419. The Hall–Kier alpha value is -2.43. The molecule has 0 aliphatic rings. The molecule has 1 heterocycles. The van der Waals surface area contributed by atoms with E-state index in [0.29, 0.717) is 6.54 Å². The van der Waals surface area contributed by atoms with Crippen LogP contribution in [0.1, 0.15) is 23.6 Å². The van der Waals surface area contributed by atoms with Crippen molar-refractivity contribution < 1.29 is 22.3 Å². The van der Waals surface area contributed by atoms with Gasteiger partial charge in [0.1, 0.15) is 21.7 Å². The van der Waals surface area contributed by atoms with Crippen LogP contribution in [0.4, 0.5) is 8.78 Å². The molecule has 34 heavy (non-hydrogen) atoms. The average molecular weight is 510 g/mol. The number of aliphatic hydroxyl groups is 1. The number of aryl methyl sites for hydroxylation is 1. The van der Waals surface area contributed by atoms with E-state index < -0.39 is 33.8 Å². The number of rotatable bonds is 11. The fourth-order valence-corrected chi connectivity index (χ4v) is 4.82. The molecule has 3 rings (SSSR count). The van der Waals surface area contributed by atoms with Crippen LogP contribution in [0.2, 0.25) is 5.15 Å². The number of nitrogens with one attached hydrogen (secondary N) is 2. The largest absolute Gasteiger partial charge is 0.390 e. The summed E-state index contributed by atoms with van der Waals surface area (Å²) in [5, 5.41) is 14.1. The number of hydrogen-bond donors (Lipinski definition) is 3. The standard InChI is InChI=1S/C24H26ClF2N3O3S/c1-2-16-4-3-5-17(8-16)13-28-15-23(31)22(11-18-9-19(26)12-20(27)10-18)30-34(32,33)21-6-7-24(25)29-14-21/h3-10,12,14,22-23,28,30-31H,2,11,13,15H2,1H3/t22-,23+/m1/s1. The van der Waals surface area contributed by atoms with Crippen molar-refractivity contribution in [1.29, 1.82) is 0 Å². The predicted octanol–water partition coefficient (Wildman–Crippen LogP) is 3.62. The van der Waals surface area contributed by atoms with Crippen LogP contribution in [-0.4, -0.2) is 37.2 Å². The van der Waals surface area contributed by atoms with Gasteiger partial charge >= 0.3 is 0 Å². The molecule has 0 bridgehead atoms. The van der Waals surface area contributed by atoms with Crippen molar-refractivity contribution in [3.8, 4) is 0 Å². The molecule has 0 saturated heterocycles. The molecule has 10 heteroatoms. The predicted molar refractivity (Wildman–Crippen MR) is 127 cm³/mol. The second kappa shape index (κ2) is 11.8. The van der Waals surface area contributed by atoms with Gasteiger partial charge in [-0.25, -0.2) is 26.9 Å². The van der Waals surface area contributed by atoms with Crippen molar-refractivity contribution in [2.24, 2.45) is 0 Å². The van der Waals surface area contributed by atoms with E-state index in [1.54, 1.807) is 0 Å². The molecule has 2 atom stereocenters. The van der Waals surface area contributed by atoms with Gasteiger partial charge in [-0.15, -0.1) is 0 Å². The van der Waals surface area contributed by atoms with E-state index in [1.165, 1.54) is 17.7 Å². The van der Waals surface area contributed by atoms with Crippen LogP contribution in [0.5, 0.6) is 0 Å². The lowest BCUT2D eigenvalue weighted by Gasteiger charge is -2.25. The Labute approximate surface area is 203 Å². The quantitative estimate of drug-likeness (QED) is 0.343. The Morgan fingerprint density at radius 3 is 2.38 bits per heavy atom. The van der Waals surface area contributed by atoms with Gasteiger partial charge in [-0.3, -0.25) is 0 Å². The Balaban J connectivity index is 1.76. The van der Waals surface area contributed by atoms with E-state index in [1.807, 2.05) is 24.3 Å². The summed E-state index contributed by atoms with van der Waals surface area (Å²) in [4.78, 5) is 3.63. The van der Waals surface area contributed by atoms with E-state index in [-0.39, 0.29) is 28.6 Å². The van der Waals surface area contributed by atoms with E-state index in [4.69, 9.17) is 11.6 Å². The van der Waals surface area contributed by atoms with Crippen molar-refractivity contribution in [2.75, 3.05) is 6.54 Å². The summed E-state index contributed by atoms with van der Waals surface area (Å²) in [6, 6.07) is 12.4. The molecule has 0 aliphatic carbocycles. The minimum Gasteiger partial charge on any atom is -0.390 e. The summed E-state index contributed by atoms with van der Waals surface area (Å²) in [5.74, 6) is -1.58. The normalized spacial score (nSPS) is 13.6. The number of nitrogens with zero attached hydrogens (tertiary/aromatic N) is 1. The molecule has 2 aromatic carbocycles. The number of aliphatic hydroxyl groups excluding tert-OH is 1. The summed E-state index contributed by atoms with van der Waals surface area (Å²) in [6.45, 7) is 2.55. The molecule has 0 radical (unpaired) electrons. The molecular formula is C24H26ClF2N3O3S. The van der Waals surface area contributed by atoms with Gasteiger partial charge in [0.25, 0.3) is 0 Å². The number of halogens is 3. The third-order valence-corrected chi connectivity index (χ3v) is 6.94. The summed E-state index contributed by atoms with van der Waals surface area (Å²) in [7, 11) is -4.09.